The molecule has 0 heterocycles. The Morgan fingerprint density at radius 3 is 2.27 bits per heavy atom. The summed E-state index contributed by atoms with van der Waals surface area (Å²) in [5.41, 5.74) is 1.69. The average molecular weight is 435 g/mol. The van der Waals surface area contributed by atoms with Crippen LogP contribution in [0.3, 0.4) is 0 Å². The first-order valence-electron chi connectivity index (χ1n) is 7.89. The van der Waals surface area contributed by atoms with Crippen molar-refractivity contribution in [3.05, 3.63) is 81.7 Å². The molecule has 0 aliphatic rings. The normalized spacial score (nSPS) is 11.9. The minimum Gasteiger partial charge on any atom is -0.351 e. The molecule has 0 spiro atoms. The maximum atomic E-state index is 11.9. The summed E-state index contributed by atoms with van der Waals surface area (Å²) in [6.45, 7) is 0.307. The van der Waals surface area contributed by atoms with Crippen LogP contribution < -0.4 is 10.0 Å². The zero-order valence-corrected chi connectivity index (χ0v) is 16.3. The number of nitrogens with one attached hydrogen (secondary N) is 2. The fourth-order valence-electron chi connectivity index (χ4n) is 1.96. The second-order valence-corrected chi connectivity index (χ2v) is 7.90. The molecule has 0 fully saturated rings. The maximum absolute atomic E-state index is 11.9. The van der Waals surface area contributed by atoms with Crippen LogP contribution in [0.25, 0.3) is 12.2 Å². The van der Waals surface area contributed by atoms with Gasteiger partial charge in [-0.25, -0.2) is 13.1 Å². The largest absolute Gasteiger partial charge is 0.351 e. The third kappa shape index (κ3) is 7.77. The van der Waals surface area contributed by atoms with Gasteiger partial charge in [-0.05, 0) is 35.4 Å². The first-order chi connectivity index (χ1) is 12.4. The van der Waals surface area contributed by atoms with Gasteiger partial charge in [-0.15, -0.1) is 0 Å². The molecule has 2 aromatic rings. The zero-order chi connectivity index (χ0) is 18.8. The van der Waals surface area contributed by atoms with Crippen LogP contribution in [0.15, 0.2) is 70.6 Å². The predicted molar refractivity (Wildman–Crippen MR) is 109 cm³/mol. The Balaban J connectivity index is 1.72. The van der Waals surface area contributed by atoms with Crippen LogP contribution in [0, 0.1) is 0 Å². The van der Waals surface area contributed by atoms with E-state index in [-0.39, 0.29) is 19.0 Å². The molecule has 26 heavy (non-hydrogen) atoms. The number of carbonyl (C=O) groups excluding carboxylic acids is 1. The van der Waals surface area contributed by atoms with Crippen molar-refractivity contribution in [2.75, 3.05) is 13.1 Å². The van der Waals surface area contributed by atoms with Gasteiger partial charge in [0.1, 0.15) is 0 Å². The lowest BCUT2D eigenvalue weighted by molar-refractivity contribution is -0.116. The molecule has 0 saturated carbocycles. The summed E-state index contributed by atoms with van der Waals surface area (Å²) >= 11 is 3.34. The van der Waals surface area contributed by atoms with Crippen molar-refractivity contribution in [1.29, 1.82) is 0 Å². The molecule has 2 aromatic carbocycles. The van der Waals surface area contributed by atoms with E-state index in [9.17, 15) is 13.2 Å². The van der Waals surface area contributed by atoms with Gasteiger partial charge in [0.25, 0.3) is 0 Å². The molecule has 1 amide bonds. The van der Waals surface area contributed by atoms with E-state index in [4.69, 9.17) is 0 Å². The van der Waals surface area contributed by atoms with Crippen LogP contribution in [-0.2, 0) is 14.8 Å². The molecule has 136 valence electrons. The third-order valence-electron chi connectivity index (χ3n) is 3.26. The Morgan fingerprint density at radius 1 is 0.923 bits per heavy atom. The molecule has 0 bridgehead atoms. The van der Waals surface area contributed by atoms with Crippen LogP contribution in [0.1, 0.15) is 11.1 Å². The van der Waals surface area contributed by atoms with Crippen LogP contribution in [0.5, 0.6) is 0 Å². The number of benzene rings is 2. The summed E-state index contributed by atoms with van der Waals surface area (Å²) in [4.78, 5) is 11.7. The number of amides is 1. The zero-order valence-electron chi connectivity index (χ0n) is 13.9. The maximum Gasteiger partial charge on any atom is 0.244 e. The van der Waals surface area contributed by atoms with Gasteiger partial charge < -0.3 is 5.32 Å². The van der Waals surface area contributed by atoms with Crippen molar-refractivity contribution >= 4 is 44.0 Å². The van der Waals surface area contributed by atoms with E-state index in [1.165, 1.54) is 12.2 Å². The molecule has 7 heteroatoms. The average Bonchev–Trinajstić information content (AvgIpc) is 2.64. The second-order valence-electron chi connectivity index (χ2n) is 5.33. The lowest BCUT2D eigenvalue weighted by Gasteiger charge is -2.04. The standard InChI is InChI=1S/C19H19BrN2O3S/c20-18-9-6-17(7-10-18)8-11-19(23)21-13-14-22-26(24,25)15-12-16-4-2-1-3-5-16/h1-12,15,22H,13-14H2,(H,21,23). The first-order valence-corrected chi connectivity index (χ1v) is 10.2. The van der Waals surface area contributed by atoms with Gasteiger partial charge in [-0.1, -0.05) is 58.4 Å². The Bertz CT molecular complexity index is 877. The lowest BCUT2D eigenvalue weighted by Crippen LogP contribution is -2.33. The van der Waals surface area contributed by atoms with E-state index < -0.39 is 10.0 Å². The van der Waals surface area contributed by atoms with Crippen molar-refractivity contribution in [3.63, 3.8) is 0 Å². The molecule has 5 nitrogen and oxygen atoms in total. The van der Waals surface area contributed by atoms with Gasteiger partial charge in [0.05, 0.1) is 0 Å². The highest BCUT2D eigenvalue weighted by Crippen LogP contribution is 2.11. The summed E-state index contributed by atoms with van der Waals surface area (Å²) in [6.07, 6.45) is 4.61. The molecule has 0 radical (unpaired) electrons. The highest BCUT2D eigenvalue weighted by molar-refractivity contribution is 9.10. The number of sulfonamides is 1. The third-order valence-corrected chi connectivity index (χ3v) is 4.89. The predicted octanol–water partition coefficient (Wildman–Crippen LogP) is 3.17. The van der Waals surface area contributed by atoms with E-state index in [0.29, 0.717) is 0 Å². The fraction of sp³-hybridized carbons (Fsp3) is 0.105. The van der Waals surface area contributed by atoms with E-state index >= 15 is 0 Å². The van der Waals surface area contributed by atoms with Gasteiger partial charge in [0.2, 0.25) is 15.9 Å². The second kappa shape index (κ2) is 10.1. The Labute approximate surface area is 162 Å². The molecule has 0 aromatic heterocycles. The fourth-order valence-corrected chi connectivity index (χ4v) is 3.05. The van der Waals surface area contributed by atoms with E-state index in [1.807, 2.05) is 54.6 Å². The summed E-state index contributed by atoms with van der Waals surface area (Å²) in [7, 11) is -3.54. The first kappa shape index (κ1) is 20.1. The monoisotopic (exact) mass is 434 g/mol. The molecule has 0 saturated heterocycles. The summed E-state index contributed by atoms with van der Waals surface area (Å²) in [5.74, 6) is -0.285. The minimum atomic E-state index is -3.54. The van der Waals surface area contributed by atoms with E-state index in [0.717, 1.165) is 21.0 Å². The molecule has 0 aliphatic carbocycles. The molecule has 2 N–H and O–H groups in total. The number of hydrogen-bond acceptors (Lipinski definition) is 3. The van der Waals surface area contributed by atoms with Crippen molar-refractivity contribution in [2.24, 2.45) is 0 Å². The summed E-state index contributed by atoms with van der Waals surface area (Å²) < 4.78 is 27.1. The number of rotatable bonds is 8. The summed E-state index contributed by atoms with van der Waals surface area (Å²) in [6, 6.07) is 16.7. The molecule has 0 unspecified atom stereocenters. The molecule has 2 rings (SSSR count). The van der Waals surface area contributed by atoms with Crippen molar-refractivity contribution < 1.29 is 13.2 Å². The Morgan fingerprint density at radius 2 is 1.58 bits per heavy atom. The minimum absolute atomic E-state index is 0.110. The Hall–Kier alpha value is -2.22. The quantitative estimate of drug-likeness (QED) is 0.494. The van der Waals surface area contributed by atoms with Crippen LogP contribution in [0.2, 0.25) is 0 Å². The summed E-state index contributed by atoms with van der Waals surface area (Å²) in [5, 5.41) is 3.73. The van der Waals surface area contributed by atoms with Gasteiger partial charge in [0, 0.05) is 29.0 Å². The van der Waals surface area contributed by atoms with Crippen molar-refractivity contribution in [3.8, 4) is 0 Å². The van der Waals surface area contributed by atoms with E-state index in [1.54, 1.807) is 6.08 Å². The van der Waals surface area contributed by atoms with Crippen LogP contribution in [0.4, 0.5) is 0 Å². The molecular weight excluding hydrogens is 416 g/mol. The van der Waals surface area contributed by atoms with Gasteiger partial charge in [0.15, 0.2) is 0 Å². The molecule has 0 aliphatic heterocycles. The van der Waals surface area contributed by atoms with Gasteiger partial charge >= 0.3 is 0 Å². The van der Waals surface area contributed by atoms with Crippen LogP contribution in [-0.4, -0.2) is 27.4 Å². The van der Waals surface area contributed by atoms with Crippen molar-refractivity contribution in [2.45, 2.75) is 0 Å². The van der Waals surface area contributed by atoms with Crippen molar-refractivity contribution in [1.82, 2.24) is 10.0 Å². The van der Waals surface area contributed by atoms with E-state index in [2.05, 4.69) is 26.0 Å². The molecular formula is C19H19BrN2O3S. The number of hydrogen-bond donors (Lipinski definition) is 2. The lowest BCUT2D eigenvalue weighted by atomic mass is 10.2. The Kier molecular flexibility index (Phi) is 7.77. The highest BCUT2D eigenvalue weighted by Gasteiger charge is 2.04. The number of halogens is 1. The van der Waals surface area contributed by atoms with Crippen LogP contribution >= 0.6 is 15.9 Å². The number of carbonyl (C=O) groups is 1. The highest BCUT2D eigenvalue weighted by atomic mass is 79.9. The topological polar surface area (TPSA) is 75.3 Å². The van der Waals surface area contributed by atoms with Gasteiger partial charge in [-0.2, -0.15) is 0 Å². The SMILES string of the molecule is O=C(C=Cc1ccc(Br)cc1)NCCNS(=O)(=O)C=Cc1ccccc1. The smallest absolute Gasteiger partial charge is 0.244 e. The molecule has 0 atom stereocenters. The van der Waals surface area contributed by atoms with Gasteiger partial charge in [-0.3, -0.25) is 4.79 Å².